The second kappa shape index (κ2) is 6.74. The number of hydrogen-bond acceptors (Lipinski definition) is 6. The molecule has 0 amide bonds. The smallest absolute Gasteiger partial charge is 0.271 e. The minimum absolute atomic E-state index is 0.00614. The van der Waals surface area contributed by atoms with Gasteiger partial charge in [-0.1, -0.05) is 17.7 Å². The number of aryl methyl sites for hydroxylation is 1. The van der Waals surface area contributed by atoms with Gasteiger partial charge in [0.25, 0.3) is 15.7 Å². The van der Waals surface area contributed by atoms with Crippen LogP contribution in [-0.4, -0.2) is 26.0 Å². The van der Waals surface area contributed by atoms with Gasteiger partial charge in [0.2, 0.25) is 0 Å². The second-order valence-electron chi connectivity index (χ2n) is 7.59. The third-order valence-corrected chi connectivity index (χ3v) is 7.20. The lowest BCUT2D eigenvalue weighted by molar-refractivity contribution is -0.384. The first kappa shape index (κ1) is 19.2. The summed E-state index contributed by atoms with van der Waals surface area (Å²) < 4.78 is 33.9. The van der Waals surface area contributed by atoms with Crippen LogP contribution in [0, 0.1) is 33.8 Å². The van der Waals surface area contributed by atoms with Gasteiger partial charge in [-0.3, -0.25) is 14.4 Å². The molecule has 0 N–H and O–H groups in total. The lowest BCUT2D eigenvalue weighted by Crippen LogP contribution is -2.44. The standard InChI is InChI=1S/C20H19N3O5S/c1-14-2-5-17(6-3-14)29(26,27)22-12-16(11-20(13-21)8-9-20)28-19-7-4-15(23(24)25)10-18(19)22/h2-7,10,16H,8-9,11-12H2,1H3/t16-/m1/s1. The van der Waals surface area contributed by atoms with Gasteiger partial charge < -0.3 is 4.74 Å². The number of fused-ring (bicyclic) bond motifs is 1. The van der Waals surface area contributed by atoms with E-state index in [9.17, 15) is 23.8 Å². The van der Waals surface area contributed by atoms with E-state index in [1.54, 1.807) is 12.1 Å². The van der Waals surface area contributed by atoms with Crippen molar-refractivity contribution in [1.29, 1.82) is 5.26 Å². The average molecular weight is 413 g/mol. The monoisotopic (exact) mass is 413 g/mol. The summed E-state index contributed by atoms with van der Waals surface area (Å²) >= 11 is 0. The number of non-ortho nitro benzene ring substituents is 1. The summed E-state index contributed by atoms with van der Waals surface area (Å²) in [6.45, 7) is 1.85. The van der Waals surface area contributed by atoms with Gasteiger partial charge in [-0.15, -0.1) is 0 Å². The fourth-order valence-electron chi connectivity index (χ4n) is 3.53. The third kappa shape index (κ3) is 3.51. The first-order valence-corrected chi connectivity index (χ1v) is 10.6. The molecule has 1 aliphatic carbocycles. The van der Waals surface area contributed by atoms with Crippen molar-refractivity contribution >= 4 is 21.4 Å². The number of rotatable bonds is 5. The Morgan fingerprint density at radius 1 is 1.28 bits per heavy atom. The van der Waals surface area contributed by atoms with Crippen molar-refractivity contribution in [3.63, 3.8) is 0 Å². The van der Waals surface area contributed by atoms with Crippen LogP contribution >= 0.6 is 0 Å². The maximum Gasteiger partial charge on any atom is 0.271 e. The summed E-state index contributed by atoms with van der Waals surface area (Å²) in [5.41, 5.74) is 0.371. The van der Waals surface area contributed by atoms with Crippen molar-refractivity contribution in [3.05, 3.63) is 58.1 Å². The number of nitro benzene ring substituents is 1. The maximum absolute atomic E-state index is 13.4. The molecule has 0 saturated heterocycles. The van der Waals surface area contributed by atoms with E-state index in [-0.39, 0.29) is 28.6 Å². The number of ether oxygens (including phenoxy) is 1. The Labute approximate surface area is 168 Å². The Morgan fingerprint density at radius 2 is 1.97 bits per heavy atom. The highest BCUT2D eigenvalue weighted by atomic mass is 32.2. The molecule has 1 saturated carbocycles. The highest BCUT2D eigenvalue weighted by Gasteiger charge is 2.47. The van der Waals surface area contributed by atoms with Crippen molar-refractivity contribution in [1.82, 2.24) is 0 Å². The van der Waals surface area contributed by atoms with Crippen LogP contribution in [0.4, 0.5) is 11.4 Å². The Kier molecular flexibility index (Phi) is 4.46. The van der Waals surface area contributed by atoms with Crippen LogP contribution in [0.1, 0.15) is 24.8 Å². The molecule has 0 unspecified atom stereocenters. The molecule has 1 atom stereocenters. The number of nitriles is 1. The lowest BCUT2D eigenvalue weighted by Gasteiger charge is -2.36. The third-order valence-electron chi connectivity index (χ3n) is 5.40. The van der Waals surface area contributed by atoms with Gasteiger partial charge in [0.05, 0.1) is 27.8 Å². The highest BCUT2D eigenvalue weighted by molar-refractivity contribution is 7.92. The second-order valence-corrected chi connectivity index (χ2v) is 9.46. The van der Waals surface area contributed by atoms with Crippen molar-refractivity contribution in [2.24, 2.45) is 5.41 Å². The molecule has 9 heteroatoms. The molecule has 150 valence electrons. The zero-order valence-corrected chi connectivity index (χ0v) is 16.6. The number of nitro groups is 1. The van der Waals surface area contributed by atoms with Gasteiger partial charge in [0, 0.05) is 18.6 Å². The van der Waals surface area contributed by atoms with E-state index >= 15 is 0 Å². The van der Waals surface area contributed by atoms with Crippen LogP contribution < -0.4 is 9.04 Å². The maximum atomic E-state index is 13.4. The van der Waals surface area contributed by atoms with Crippen molar-refractivity contribution < 1.29 is 18.1 Å². The number of sulfonamides is 1. The predicted molar refractivity (Wildman–Crippen MR) is 105 cm³/mol. The Bertz CT molecular complexity index is 1120. The number of benzene rings is 2. The molecule has 0 bridgehead atoms. The van der Waals surface area contributed by atoms with E-state index in [4.69, 9.17) is 4.74 Å². The minimum atomic E-state index is -3.96. The Balaban J connectivity index is 1.77. The van der Waals surface area contributed by atoms with Crippen LogP contribution in [-0.2, 0) is 10.0 Å². The minimum Gasteiger partial charge on any atom is -0.486 e. The van der Waals surface area contributed by atoms with Gasteiger partial charge in [-0.25, -0.2) is 8.42 Å². The number of anilines is 1. The zero-order valence-electron chi connectivity index (χ0n) is 15.7. The van der Waals surface area contributed by atoms with Gasteiger partial charge in [0.15, 0.2) is 0 Å². The van der Waals surface area contributed by atoms with E-state index in [2.05, 4.69) is 6.07 Å². The van der Waals surface area contributed by atoms with E-state index in [1.807, 2.05) is 6.92 Å². The van der Waals surface area contributed by atoms with Crippen LogP contribution in [0.2, 0.25) is 0 Å². The van der Waals surface area contributed by atoms with Crippen LogP contribution in [0.15, 0.2) is 47.4 Å². The van der Waals surface area contributed by atoms with Crippen molar-refractivity contribution in [3.8, 4) is 11.8 Å². The molecule has 1 aliphatic heterocycles. The van der Waals surface area contributed by atoms with Gasteiger partial charge in [-0.2, -0.15) is 5.26 Å². The molecule has 1 fully saturated rings. The summed E-state index contributed by atoms with van der Waals surface area (Å²) in [6, 6.07) is 12.7. The number of nitrogens with zero attached hydrogens (tertiary/aromatic N) is 3. The average Bonchev–Trinajstić information content (AvgIpc) is 3.47. The van der Waals surface area contributed by atoms with Gasteiger partial charge >= 0.3 is 0 Å². The van der Waals surface area contributed by atoms with Crippen LogP contribution in [0.25, 0.3) is 0 Å². The summed E-state index contributed by atoms with van der Waals surface area (Å²) in [4.78, 5) is 10.7. The van der Waals surface area contributed by atoms with Crippen LogP contribution in [0.3, 0.4) is 0 Å². The molecule has 0 aromatic heterocycles. The largest absolute Gasteiger partial charge is 0.486 e. The molecule has 4 rings (SSSR count). The molecule has 0 radical (unpaired) electrons. The Morgan fingerprint density at radius 3 is 2.55 bits per heavy atom. The normalized spacial score (nSPS) is 19.6. The first-order valence-electron chi connectivity index (χ1n) is 9.20. The van der Waals surface area contributed by atoms with Gasteiger partial charge in [-0.05, 0) is 38.0 Å². The lowest BCUT2D eigenvalue weighted by atomic mass is 9.99. The first-order chi connectivity index (χ1) is 13.7. The van der Waals surface area contributed by atoms with Crippen LogP contribution in [0.5, 0.6) is 5.75 Å². The molecule has 8 nitrogen and oxygen atoms in total. The summed E-state index contributed by atoms with van der Waals surface area (Å²) in [5, 5.41) is 20.6. The SMILES string of the molecule is Cc1ccc(S(=O)(=O)N2C[C@@H](CC3(C#N)CC3)Oc3ccc([N+](=O)[O-])cc32)cc1. The topological polar surface area (TPSA) is 114 Å². The zero-order chi connectivity index (χ0) is 20.8. The molecule has 2 aliphatic rings. The molecule has 29 heavy (non-hydrogen) atoms. The quantitative estimate of drug-likeness (QED) is 0.547. The summed E-state index contributed by atoms with van der Waals surface area (Å²) in [6.07, 6.45) is 1.44. The molecular weight excluding hydrogens is 394 g/mol. The van der Waals surface area contributed by atoms with E-state index in [0.29, 0.717) is 6.42 Å². The van der Waals surface area contributed by atoms with E-state index in [0.717, 1.165) is 18.4 Å². The fourth-order valence-corrected chi connectivity index (χ4v) is 5.03. The van der Waals surface area contributed by atoms with Crippen molar-refractivity contribution in [2.45, 2.75) is 37.2 Å². The fraction of sp³-hybridized carbons (Fsp3) is 0.350. The summed E-state index contributed by atoms with van der Waals surface area (Å²) in [7, 11) is -3.96. The molecule has 1 heterocycles. The van der Waals surface area contributed by atoms with E-state index < -0.39 is 26.5 Å². The highest BCUT2D eigenvalue weighted by Crippen LogP contribution is 2.51. The van der Waals surface area contributed by atoms with Gasteiger partial charge in [0.1, 0.15) is 17.5 Å². The van der Waals surface area contributed by atoms with Crippen molar-refractivity contribution in [2.75, 3.05) is 10.8 Å². The molecule has 2 aromatic rings. The molecule has 0 spiro atoms. The molecule has 2 aromatic carbocycles. The van der Waals surface area contributed by atoms with E-state index in [1.165, 1.54) is 34.6 Å². The predicted octanol–water partition coefficient (Wildman–Crippen LogP) is 3.55. The number of hydrogen-bond donors (Lipinski definition) is 0. The molecular formula is C20H19N3O5S. The summed E-state index contributed by atoms with van der Waals surface area (Å²) in [5.74, 6) is 0.260. The Hall–Kier alpha value is -3.12.